The molecule has 2 aromatic carbocycles. The number of aryl methyl sites for hydroxylation is 1. The molecule has 0 aliphatic rings. The largest absolute Gasteiger partial charge is 0.475 e. The Hall–Kier alpha value is -3.34. The van der Waals surface area contributed by atoms with Gasteiger partial charge in [0.15, 0.2) is 0 Å². The third-order valence-electron chi connectivity index (χ3n) is 3.52. The van der Waals surface area contributed by atoms with Crippen molar-refractivity contribution in [2.75, 3.05) is 5.32 Å². The fourth-order valence-corrected chi connectivity index (χ4v) is 2.32. The maximum atomic E-state index is 12.2. The zero-order valence-electron chi connectivity index (χ0n) is 12.9. The zero-order chi connectivity index (χ0) is 17.1. The number of carboxylic acid groups (broad SMARTS) is 1. The first-order valence-corrected chi connectivity index (χ1v) is 7.34. The van der Waals surface area contributed by atoms with Gasteiger partial charge in [-0.25, -0.2) is 4.79 Å². The molecule has 0 saturated heterocycles. The van der Waals surface area contributed by atoms with Gasteiger partial charge in [0.25, 0.3) is 5.91 Å². The number of carboxylic acids is 1. The molecular weight excluding hydrogens is 306 g/mol. The van der Waals surface area contributed by atoms with E-state index in [0.29, 0.717) is 17.0 Å². The minimum absolute atomic E-state index is 0.109. The highest BCUT2D eigenvalue weighted by atomic mass is 16.4. The lowest BCUT2D eigenvalue weighted by atomic mass is 10.1. The van der Waals surface area contributed by atoms with Crippen LogP contribution in [0.3, 0.4) is 0 Å². The Kier molecular flexibility index (Phi) is 4.16. The van der Waals surface area contributed by atoms with Gasteiger partial charge < -0.3 is 14.8 Å². The number of furan rings is 1. The highest BCUT2D eigenvalue weighted by molar-refractivity contribution is 6.04. The minimum atomic E-state index is -1.11. The molecule has 0 saturated carbocycles. The molecule has 24 heavy (non-hydrogen) atoms. The molecule has 0 radical (unpaired) electrons. The van der Waals surface area contributed by atoms with Gasteiger partial charge in [0.2, 0.25) is 5.76 Å². The maximum Gasteiger partial charge on any atom is 0.371 e. The second-order valence-electron chi connectivity index (χ2n) is 5.37. The van der Waals surface area contributed by atoms with Crippen molar-refractivity contribution in [3.63, 3.8) is 0 Å². The van der Waals surface area contributed by atoms with Crippen molar-refractivity contribution in [2.45, 2.75) is 6.92 Å². The first kappa shape index (κ1) is 15.6. The molecule has 3 rings (SSSR count). The molecule has 120 valence electrons. The van der Waals surface area contributed by atoms with Crippen LogP contribution in [-0.4, -0.2) is 17.0 Å². The summed E-state index contributed by atoms with van der Waals surface area (Å²) in [6.07, 6.45) is 0. The highest BCUT2D eigenvalue weighted by Crippen LogP contribution is 2.24. The van der Waals surface area contributed by atoms with Crippen LogP contribution < -0.4 is 5.32 Å². The van der Waals surface area contributed by atoms with Crippen LogP contribution >= 0.6 is 0 Å². The number of anilines is 1. The summed E-state index contributed by atoms with van der Waals surface area (Å²) in [5.41, 5.74) is 2.99. The molecule has 0 fully saturated rings. The van der Waals surface area contributed by atoms with Gasteiger partial charge in [-0.3, -0.25) is 4.79 Å². The number of carbonyl (C=O) groups excluding carboxylic acids is 1. The maximum absolute atomic E-state index is 12.2. The van der Waals surface area contributed by atoms with Crippen LogP contribution in [0.2, 0.25) is 0 Å². The number of hydrogen-bond acceptors (Lipinski definition) is 3. The zero-order valence-corrected chi connectivity index (χ0v) is 12.9. The third kappa shape index (κ3) is 3.35. The number of nitrogens with one attached hydrogen (secondary N) is 1. The number of rotatable bonds is 4. The van der Waals surface area contributed by atoms with Crippen molar-refractivity contribution in [3.8, 4) is 11.3 Å². The van der Waals surface area contributed by atoms with Gasteiger partial charge in [-0.1, -0.05) is 17.7 Å². The van der Waals surface area contributed by atoms with E-state index >= 15 is 0 Å². The standard InChI is InChI=1S/C19H15NO4/c1-12-3-2-4-14(11-12)18(21)20-15-7-5-13(6-8-15)16-9-10-17(24-16)19(22)23/h2-11H,1H3,(H,20,21)(H,22,23). The van der Waals surface area contributed by atoms with E-state index in [9.17, 15) is 9.59 Å². The fraction of sp³-hybridized carbons (Fsp3) is 0.0526. The molecule has 0 spiro atoms. The van der Waals surface area contributed by atoms with Gasteiger partial charge in [-0.15, -0.1) is 0 Å². The summed E-state index contributed by atoms with van der Waals surface area (Å²) < 4.78 is 5.25. The Morgan fingerprint density at radius 2 is 1.75 bits per heavy atom. The van der Waals surface area contributed by atoms with Crippen molar-refractivity contribution in [3.05, 3.63) is 77.6 Å². The van der Waals surface area contributed by atoms with Gasteiger partial charge in [0.1, 0.15) is 5.76 Å². The van der Waals surface area contributed by atoms with Gasteiger partial charge in [-0.05, 0) is 55.5 Å². The third-order valence-corrected chi connectivity index (χ3v) is 3.52. The van der Waals surface area contributed by atoms with Crippen molar-refractivity contribution in [1.29, 1.82) is 0 Å². The van der Waals surface area contributed by atoms with Crippen molar-refractivity contribution in [2.24, 2.45) is 0 Å². The Morgan fingerprint density at radius 1 is 1.00 bits per heavy atom. The van der Waals surface area contributed by atoms with E-state index in [1.54, 1.807) is 36.4 Å². The molecule has 0 unspecified atom stereocenters. The van der Waals surface area contributed by atoms with Crippen LogP contribution in [0.25, 0.3) is 11.3 Å². The smallest absolute Gasteiger partial charge is 0.371 e. The monoisotopic (exact) mass is 321 g/mol. The van der Waals surface area contributed by atoms with Gasteiger partial charge in [0.05, 0.1) is 0 Å². The van der Waals surface area contributed by atoms with E-state index < -0.39 is 5.97 Å². The summed E-state index contributed by atoms with van der Waals surface area (Å²) in [7, 11) is 0. The number of hydrogen-bond donors (Lipinski definition) is 2. The van der Waals surface area contributed by atoms with E-state index in [0.717, 1.165) is 11.1 Å². The molecule has 1 amide bonds. The first-order valence-electron chi connectivity index (χ1n) is 7.34. The summed E-state index contributed by atoms with van der Waals surface area (Å²) in [6.45, 7) is 1.93. The number of benzene rings is 2. The summed E-state index contributed by atoms with van der Waals surface area (Å²) >= 11 is 0. The summed E-state index contributed by atoms with van der Waals surface area (Å²) in [6, 6.07) is 17.4. The summed E-state index contributed by atoms with van der Waals surface area (Å²) in [5, 5.41) is 11.7. The van der Waals surface area contributed by atoms with Crippen LogP contribution in [0.1, 0.15) is 26.5 Å². The Bertz CT molecular complexity index is 894. The van der Waals surface area contributed by atoms with Crippen LogP contribution in [0.5, 0.6) is 0 Å². The molecule has 5 nitrogen and oxygen atoms in total. The van der Waals surface area contributed by atoms with Crippen molar-refractivity contribution < 1.29 is 19.1 Å². The van der Waals surface area contributed by atoms with E-state index in [1.165, 1.54) is 6.07 Å². The number of aromatic carboxylic acids is 1. The molecule has 3 aromatic rings. The lowest BCUT2D eigenvalue weighted by Gasteiger charge is -2.06. The Labute approximate surface area is 138 Å². The molecular formula is C19H15NO4. The molecule has 0 atom stereocenters. The molecule has 0 aliphatic heterocycles. The number of carbonyl (C=O) groups is 2. The summed E-state index contributed by atoms with van der Waals surface area (Å²) in [5.74, 6) is -0.938. The van der Waals surface area contributed by atoms with Crippen LogP contribution in [0.15, 0.2) is 65.1 Å². The van der Waals surface area contributed by atoms with E-state index in [2.05, 4.69) is 5.32 Å². The topological polar surface area (TPSA) is 79.5 Å². The van der Waals surface area contributed by atoms with Gasteiger partial charge >= 0.3 is 5.97 Å². The Balaban J connectivity index is 1.74. The van der Waals surface area contributed by atoms with Gasteiger partial charge in [0, 0.05) is 16.8 Å². The molecule has 5 heteroatoms. The molecule has 1 aromatic heterocycles. The normalized spacial score (nSPS) is 10.4. The van der Waals surface area contributed by atoms with E-state index in [4.69, 9.17) is 9.52 Å². The number of amides is 1. The average molecular weight is 321 g/mol. The predicted molar refractivity (Wildman–Crippen MR) is 90.2 cm³/mol. The quantitative estimate of drug-likeness (QED) is 0.754. The van der Waals surface area contributed by atoms with Crippen molar-refractivity contribution >= 4 is 17.6 Å². The molecule has 0 aliphatic carbocycles. The lowest BCUT2D eigenvalue weighted by molar-refractivity contribution is 0.0663. The fourth-order valence-electron chi connectivity index (χ4n) is 2.32. The first-order chi connectivity index (χ1) is 11.5. The molecule has 2 N–H and O–H groups in total. The Morgan fingerprint density at radius 3 is 2.38 bits per heavy atom. The van der Waals surface area contributed by atoms with Crippen molar-refractivity contribution in [1.82, 2.24) is 0 Å². The lowest BCUT2D eigenvalue weighted by Crippen LogP contribution is -2.11. The minimum Gasteiger partial charge on any atom is -0.475 e. The van der Waals surface area contributed by atoms with Crippen LogP contribution in [0, 0.1) is 6.92 Å². The van der Waals surface area contributed by atoms with Gasteiger partial charge in [-0.2, -0.15) is 0 Å². The molecule has 0 bridgehead atoms. The second-order valence-corrected chi connectivity index (χ2v) is 5.37. The SMILES string of the molecule is Cc1cccc(C(=O)Nc2ccc(-c3ccc(C(=O)O)o3)cc2)c1. The predicted octanol–water partition coefficient (Wildman–Crippen LogP) is 4.21. The van der Waals surface area contributed by atoms with E-state index in [1.807, 2.05) is 25.1 Å². The summed E-state index contributed by atoms with van der Waals surface area (Å²) in [4.78, 5) is 23.0. The van der Waals surface area contributed by atoms with Crippen LogP contribution in [0.4, 0.5) is 5.69 Å². The molecule has 1 heterocycles. The second kappa shape index (κ2) is 6.42. The average Bonchev–Trinajstić information content (AvgIpc) is 3.06. The van der Waals surface area contributed by atoms with Crippen LogP contribution in [-0.2, 0) is 0 Å². The van der Waals surface area contributed by atoms with E-state index in [-0.39, 0.29) is 11.7 Å². The highest BCUT2D eigenvalue weighted by Gasteiger charge is 2.11.